The molecule has 0 spiro atoms. The van der Waals surface area contributed by atoms with Crippen LogP contribution in [-0.2, 0) is 0 Å². The van der Waals surface area contributed by atoms with Gasteiger partial charge in [-0.3, -0.25) is 4.79 Å². The van der Waals surface area contributed by atoms with E-state index in [9.17, 15) is 4.79 Å². The van der Waals surface area contributed by atoms with Crippen LogP contribution >= 0.6 is 15.9 Å². The lowest BCUT2D eigenvalue weighted by Crippen LogP contribution is -2.12. The normalized spacial score (nSPS) is 10.8. The number of halogens is 1. The third-order valence-electron chi connectivity index (χ3n) is 4.60. The van der Waals surface area contributed by atoms with Gasteiger partial charge in [-0.2, -0.15) is 0 Å². The molecule has 0 aliphatic carbocycles. The highest BCUT2D eigenvalue weighted by molar-refractivity contribution is 9.10. The number of aromatic nitrogens is 2. The number of H-pyrrole nitrogens is 1. The summed E-state index contributed by atoms with van der Waals surface area (Å²) >= 11 is 3.44. The molecule has 0 unspecified atom stereocenters. The standard InChI is InChI=1S/C23H20BrN3O3/c1-3-30-21-11-6-15(12-18(21)24)23(28)25-16-7-4-14(5-8-16)22-26-19-10-9-17(29-2)13-20(19)27-22/h4-13H,3H2,1-2H3,(H,25,28)(H,26,27). The molecule has 4 aromatic rings. The number of nitrogens with zero attached hydrogens (tertiary/aromatic N) is 1. The Labute approximate surface area is 182 Å². The number of aromatic amines is 1. The van der Waals surface area contributed by atoms with Gasteiger partial charge in [0.1, 0.15) is 17.3 Å². The minimum Gasteiger partial charge on any atom is -0.497 e. The van der Waals surface area contributed by atoms with Crippen LogP contribution in [0.2, 0.25) is 0 Å². The number of imidazole rings is 1. The summed E-state index contributed by atoms with van der Waals surface area (Å²) in [5.41, 5.74) is 3.94. The summed E-state index contributed by atoms with van der Waals surface area (Å²) in [6.07, 6.45) is 0. The topological polar surface area (TPSA) is 76.2 Å². The third-order valence-corrected chi connectivity index (χ3v) is 5.22. The maximum Gasteiger partial charge on any atom is 0.255 e. The molecule has 2 N–H and O–H groups in total. The Morgan fingerprint density at radius 2 is 1.90 bits per heavy atom. The molecule has 6 nitrogen and oxygen atoms in total. The number of methoxy groups -OCH3 is 1. The van der Waals surface area contributed by atoms with Crippen LogP contribution in [-0.4, -0.2) is 29.6 Å². The molecule has 0 radical (unpaired) electrons. The van der Waals surface area contributed by atoms with E-state index in [-0.39, 0.29) is 5.91 Å². The van der Waals surface area contributed by atoms with Crippen molar-refractivity contribution in [3.63, 3.8) is 0 Å². The van der Waals surface area contributed by atoms with Crippen molar-refractivity contribution in [2.45, 2.75) is 6.92 Å². The highest BCUT2D eigenvalue weighted by atomic mass is 79.9. The molecule has 4 rings (SSSR count). The molecule has 0 bridgehead atoms. The van der Waals surface area contributed by atoms with Crippen molar-refractivity contribution in [2.24, 2.45) is 0 Å². The lowest BCUT2D eigenvalue weighted by molar-refractivity contribution is 0.102. The summed E-state index contributed by atoms with van der Waals surface area (Å²) in [5, 5.41) is 2.91. The van der Waals surface area contributed by atoms with Gasteiger partial charge < -0.3 is 19.8 Å². The van der Waals surface area contributed by atoms with Crippen LogP contribution in [0.5, 0.6) is 11.5 Å². The maximum atomic E-state index is 12.6. The van der Waals surface area contributed by atoms with Crippen LogP contribution in [0.4, 0.5) is 5.69 Å². The van der Waals surface area contributed by atoms with E-state index in [1.807, 2.05) is 49.4 Å². The molecular weight excluding hydrogens is 446 g/mol. The van der Waals surface area contributed by atoms with Crippen molar-refractivity contribution in [3.8, 4) is 22.9 Å². The summed E-state index contributed by atoms with van der Waals surface area (Å²) in [4.78, 5) is 20.5. The molecule has 7 heteroatoms. The first kappa shape index (κ1) is 20.0. The SMILES string of the molecule is CCOc1ccc(C(=O)Nc2ccc(-c3nc4ccc(OC)cc4[nH]3)cc2)cc1Br. The molecule has 1 aromatic heterocycles. The Hall–Kier alpha value is -3.32. The van der Waals surface area contributed by atoms with Crippen molar-refractivity contribution in [3.05, 3.63) is 70.7 Å². The number of carbonyl (C=O) groups is 1. The number of fused-ring (bicyclic) bond motifs is 1. The predicted molar refractivity (Wildman–Crippen MR) is 121 cm³/mol. The molecular formula is C23H20BrN3O3. The van der Waals surface area contributed by atoms with Crippen LogP contribution in [0.1, 0.15) is 17.3 Å². The van der Waals surface area contributed by atoms with Crippen molar-refractivity contribution >= 4 is 38.6 Å². The molecule has 30 heavy (non-hydrogen) atoms. The van der Waals surface area contributed by atoms with Crippen LogP contribution < -0.4 is 14.8 Å². The van der Waals surface area contributed by atoms with Crippen molar-refractivity contribution in [1.82, 2.24) is 9.97 Å². The Balaban J connectivity index is 1.49. The van der Waals surface area contributed by atoms with Gasteiger partial charge in [-0.15, -0.1) is 0 Å². The molecule has 152 valence electrons. The van der Waals surface area contributed by atoms with E-state index in [0.717, 1.165) is 32.6 Å². The molecule has 1 heterocycles. The van der Waals surface area contributed by atoms with Gasteiger partial charge in [-0.1, -0.05) is 0 Å². The summed E-state index contributed by atoms with van der Waals surface area (Å²) < 4.78 is 11.5. The van der Waals surface area contributed by atoms with Gasteiger partial charge in [0.2, 0.25) is 0 Å². The van der Waals surface area contributed by atoms with Crippen LogP contribution in [0.3, 0.4) is 0 Å². The molecule has 0 aliphatic heterocycles. The highest BCUT2D eigenvalue weighted by Crippen LogP contribution is 2.27. The van der Waals surface area contributed by atoms with Gasteiger partial charge in [-0.05, 0) is 77.5 Å². The Morgan fingerprint density at radius 1 is 1.10 bits per heavy atom. The molecule has 1 amide bonds. The second-order valence-electron chi connectivity index (χ2n) is 6.58. The van der Waals surface area contributed by atoms with Gasteiger partial charge in [0.25, 0.3) is 5.91 Å². The van der Waals surface area contributed by atoms with Crippen LogP contribution in [0.15, 0.2) is 65.1 Å². The number of anilines is 1. The van der Waals surface area contributed by atoms with E-state index in [0.29, 0.717) is 23.6 Å². The molecule has 0 aliphatic rings. The molecule has 0 saturated heterocycles. The fourth-order valence-electron chi connectivity index (χ4n) is 3.08. The monoisotopic (exact) mass is 465 g/mol. The zero-order chi connectivity index (χ0) is 21.1. The van der Waals surface area contributed by atoms with E-state index in [1.54, 1.807) is 25.3 Å². The van der Waals surface area contributed by atoms with Gasteiger partial charge in [0.05, 0.1) is 29.2 Å². The molecule has 0 atom stereocenters. The van der Waals surface area contributed by atoms with Crippen LogP contribution in [0.25, 0.3) is 22.4 Å². The van der Waals surface area contributed by atoms with E-state index in [4.69, 9.17) is 9.47 Å². The van der Waals surface area contributed by atoms with E-state index < -0.39 is 0 Å². The average molecular weight is 466 g/mol. The number of hydrogen-bond donors (Lipinski definition) is 2. The number of carbonyl (C=O) groups excluding carboxylic acids is 1. The zero-order valence-corrected chi connectivity index (χ0v) is 18.1. The maximum absolute atomic E-state index is 12.6. The second-order valence-corrected chi connectivity index (χ2v) is 7.43. The fourth-order valence-corrected chi connectivity index (χ4v) is 3.58. The quantitative estimate of drug-likeness (QED) is 0.385. The van der Waals surface area contributed by atoms with Gasteiger partial charge >= 0.3 is 0 Å². The van der Waals surface area contributed by atoms with Crippen molar-refractivity contribution < 1.29 is 14.3 Å². The van der Waals surface area contributed by atoms with Gasteiger partial charge in [0, 0.05) is 22.9 Å². The summed E-state index contributed by atoms with van der Waals surface area (Å²) in [6.45, 7) is 2.48. The third kappa shape index (κ3) is 4.16. The average Bonchev–Trinajstić information content (AvgIpc) is 3.19. The second kappa shape index (κ2) is 8.59. The Morgan fingerprint density at radius 3 is 2.60 bits per heavy atom. The lowest BCUT2D eigenvalue weighted by Gasteiger charge is -2.09. The molecule has 3 aromatic carbocycles. The van der Waals surface area contributed by atoms with Crippen LogP contribution in [0, 0.1) is 0 Å². The van der Waals surface area contributed by atoms with Crippen molar-refractivity contribution in [2.75, 3.05) is 19.0 Å². The largest absolute Gasteiger partial charge is 0.497 e. The first-order chi connectivity index (χ1) is 14.6. The first-order valence-corrected chi connectivity index (χ1v) is 10.2. The predicted octanol–water partition coefficient (Wildman–Crippen LogP) is 5.65. The summed E-state index contributed by atoms with van der Waals surface area (Å²) in [7, 11) is 1.64. The van der Waals surface area contributed by atoms with E-state index in [1.165, 1.54) is 0 Å². The number of hydrogen-bond acceptors (Lipinski definition) is 4. The Kier molecular flexibility index (Phi) is 5.72. The highest BCUT2D eigenvalue weighted by Gasteiger charge is 2.11. The minimum absolute atomic E-state index is 0.192. The number of amides is 1. The smallest absolute Gasteiger partial charge is 0.255 e. The molecule has 0 saturated carbocycles. The lowest BCUT2D eigenvalue weighted by atomic mass is 10.1. The van der Waals surface area contributed by atoms with Gasteiger partial charge in [-0.25, -0.2) is 4.98 Å². The number of nitrogens with one attached hydrogen (secondary N) is 2. The fraction of sp³-hybridized carbons (Fsp3) is 0.130. The summed E-state index contributed by atoms with van der Waals surface area (Å²) in [5.74, 6) is 2.05. The Bertz CT molecular complexity index is 1200. The van der Waals surface area contributed by atoms with E-state index in [2.05, 4.69) is 31.2 Å². The van der Waals surface area contributed by atoms with Gasteiger partial charge in [0.15, 0.2) is 0 Å². The minimum atomic E-state index is -0.192. The first-order valence-electron chi connectivity index (χ1n) is 9.45. The number of ether oxygens (including phenoxy) is 2. The number of benzene rings is 3. The van der Waals surface area contributed by atoms with E-state index >= 15 is 0 Å². The van der Waals surface area contributed by atoms with Crippen molar-refractivity contribution in [1.29, 1.82) is 0 Å². The zero-order valence-electron chi connectivity index (χ0n) is 16.5. The number of rotatable bonds is 6. The molecule has 0 fully saturated rings. The summed E-state index contributed by atoms with van der Waals surface area (Å²) in [6, 6.07) is 18.5.